The van der Waals surface area contributed by atoms with E-state index in [1.165, 1.54) is 0 Å². The first-order chi connectivity index (χ1) is 23.4. The molecule has 1 aliphatic rings. The molecular formula is C40H48N3O6+. The molecule has 0 unspecified atom stereocenters. The van der Waals surface area contributed by atoms with E-state index in [1.807, 2.05) is 97.1 Å². The van der Waals surface area contributed by atoms with E-state index in [9.17, 15) is 9.59 Å². The SMILES string of the molecule is CC(C)(C)OC(=O)N[C@@H](COCc1ccccc1)C(=O)N[C@H]1Cc2cc(OCc3ccccc3)c(OCc3ccccc3)cc2[N+](C)(C)C1. The summed E-state index contributed by atoms with van der Waals surface area (Å²) in [5.41, 5.74) is 4.51. The minimum absolute atomic E-state index is 0.0128. The Labute approximate surface area is 289 Å². The molecule has 2 N–H and O–H groups in total. The molecule has 0 aliphatic carbocycles. The van der Waals surface area contributed by atoms with E-state index < -0.39 is 17.7 Å². The summed E-state index contributed by atoms with van der Waals surface area (Å²) in [6.45, 7) is 7.06. The molecule has 0 bridgehead atoms. The largest absolute Gasteiger partial charge is 0.485 e. The standard InChI is InChI=1S/C40H47N3O6/c1-40(2,3)49-39(45)42-34(28-46-25-29-15-9-6-10-16-29)38(44)41-33-21-32-22-36(47-26-30-17-11-7-12-18-30)37(23-35(32)43(4,5)24-33)48-27-31-19-13-8-14-20-31/h6-20,22-23,33-34H,21,24-28H2,1-5H3,(H-,41,42,44,45)/p+1/t33-,34-/m0/s1. The smallest absolute Gasteiger partial charge is 0.408 e. The van der Waals surface area contributed by atoms with Gasteiger partial charge in [0.25, 0.3) is 0 Å². The van der Waals surface area contributed by atoms with Crippen LogP contribution in [0, 0.1) is 0 Å². The topological polar surface area (TPSA) is 95.1 Å². The Hall–Kier alpha value is -4.86. The number of hydrogen-bond donors (Lipinski definition) is 2. The molecule has 1 heterocycles. The predicted octanol–water partition coefficient (Wildman–Crippen LogP) is 6.56. The fraction of sp³-hybridized carbons (Fsp3) is 0.350. The molecular weight excluding hydrogens is 618 g/mol. The van der Waals surface area contributed by atoms with Crippen LogP contribution in [0.5, 0.6) is 11.5 Å². The molecule has 0 saturated carbocycles. The van der Waals surface area contributed by atoms with Crippen LogP contribution >= 0.6 is 0 Å². The van der Waals surface area contributed by atoms with Gasteiger partial charge in [0.05, 0.1) is 33.4 Å². The predicted molar refractivity (Wildman–Crippen MR) is 191 cm³/mol. The summed E-state index contributed by atoms with van der Waals surface area (Å²) in [6.07, 6.45) is -0.0997. The number of rotatable bonds is 13. The Morgan fingerprint density at radius 2 is 1.29 bits per heavy atom. The highest BCUT2D eigenvalue weighted by molar-refractivity contribution is 5.86. The highest BCUT2D eigenvalue weighted by atomic mass is 16.6. The number of quaternary nitrogens is 1. The lowest BCUT2D eigenvalue weighted by atomic mass is 9.95. The molecule has 0 saturated heterocycles. The zero-order chi connectivity index (χ0) is 34.9. The Morgan fingerprint density at radius 1 is 0.776 bits per heavy atom. The summed E-state index contributed by atoms with van der Waals surface area (Å²) >= 11 is 0. The third-order valence-electron chi connectivity index (χ3n) is 8.16. The summed E-state index contributed by atoms with van der Waals surface area (Å²) in [7, 11) is 4.23. The second-order valence-electron chi connectivity index (χ2n) is 14.0. The molecule has 1 aliphatic heterocycles. The molecule has 49 heavy (non-hydrogen) atoms. The summed E-state index contributed by atoms with van der Waals surface area (Å²) < 4.78 is 24.6. The minimum atomic E-state index is -0.950. The Balaban J connectivity index is 1.33. The van der Waals surface area contributed by atoms with Crippen molar-refractivity contribution in [2.45, 2.75) is 64.7 Å². The van der Waals surface area contributed by atoms with Gasteiger partial charge in [-0.25, -0.2) is 4.79 Å². The first-order valence-electron chi connectivity index (χ1n) is 16.7. The van der Waals surface area contributed by atoms with Gasteiger partial charge < -0.3 is 29.6 Å². The number of hydrogen-bond acceptors (Lipinski definition) is 6. The quantitative estimate of drug-likeness (QED) is 0.157. The van der Waals surface area contributed by atoms with Gasteiger partial charge in [-0.15, -0.1) is 0 Å². The van der Waals surface area contributed by atoms with Crippen molar-refractivity contribution < 1.29 is 28.5 Å². The van der Waals surface area contributed by atoms with Gasteiger partial charge in [0.1, 0.15) is 37.1 Å². The molecule has 5 rings (SSSR count). The van der Waals surface area contributed by atoms with Crippen molar-refractivity contribution in [1.82, 2.24) is 15.1 Å². The Kier molecular flexibility index (Phi) is 11.6. The van der Waals surface area contributed by atoms with E-state index in [0.29, 0.717) is 48.8 Å². The van der Waals surface area contributed by atoms with Crippen LogP contribution in [0.4, 0.5) is 10.5 Å². The number of nitrogens with zero attached hydrogens (tertiary/aromatic N) is 1. The van der Waals surface area contributed by atoms with Crippen molar-refractivity contribution >= 4 is 17.7 Å². The molecule has 0 radical (unpaired) electrons. The molecule has 258 valence electrons. The monoisotopic (exact) mass is 666 g/mol. The molecule has 2 amide bonds. The van der Waals surface area contributed by atoms with Crippen LogP contribution in [0.15, 0.2) is 103 Å². The third kappa shape index (κ3) is 10.6. The normalized spacial score (nSPS) is 15.7. The van der Waals surface area contributed by atoms with E-state index in [2.05, 4.69) is 30.8 Å². The number of likely N-dealkylation sites (N-methyl/N-ethyl adjacent to an activating group) is 1. The lowest BCUT2D eigenvalue weighted by Crippen LogP contribution is -2.59. The number of alkyl carbamates (subject to hydrolysis) is 1. The van der Waals surface area contributed by atoms with Crippen LogP contribution in [-0.4, -0.2) is 56.9 Å². The van der Waals surface area contributed by atoms with Gasteiger partial charge in [0, 0.05) is 18.1 Å². The maximum absolute atomic E-state index is 13.8. The molecule has 0 fully saturated rings. The van der Waals surface area contributed by atoms with Gasteiger partial charge in [0.15, 0.2) is 11.5 Å². The summed E-state index contributed by atoms with van der Waals surface area (Å²) in [5, 5.41) is 5.92. The highest BCUT2D eigenvalue weighted by Crippen LogP contribution is 2.41. The van der Waals surface area contributed by atoms with E-state index in [-0.39, 0.29) is 18.6 Å². The molecule has 4 aromatic carbocycles. The second-order valence-corrected chi connectivity index (χ2v) is 14.0. The van der Waals surface area contributed by atoms with Gasteiger partial charge in [-0.05, 0) is 43.5 Å². The number of ether oxygens (including phenoxy) is 4. The first-order valence-corrected chi connectivity index (χ1v) is 16.7. The Bertz CT molecular complexity index is 1670. The number of fused-ring (bicyclic) bond motifs is 1. The fourth-order valence-electron chi connectivity index (χ4n) is 5.89. The van der Waals surface area contributed by atoms with Crippen molar-refractivity contribution in [3.63, 3.8) is 0 Å². The fourth-order valence-corrected chi connectivity index (χ4v) is 5.89. The summed E-state index contributed by atoms with van der Waals surface area (Å²) in [4.78, 5) is 26.5. The molecule has 0 aromatic heterocycles. The van der Waals surface area contributed by atoms with Crippen LogP contribution in [-0.2, 0) is 40.5 Å². The van der Waals surface area contributed by atoms with Gasteiger partial charge in [-0.3, -0.25) is 9.28 Å². The molecule has 0 spiro atoms. The number of amides is 2. The van der Waals surface area contributed by atoms with Crippen molar-refractivity contribution in [1.29, 1.82) is 0 Å². The number of benzene rings is 4. The average Bonchev–Trinajstić information content (AvgIpc) is 3.06. The second kappa shape index (κ2) is 16.0. The van der Waals surface area contributed by atoms with Crippen LogP contribution in [0.1, 0.15) is 43.0 Å². The molecule has 4 aromatic rings. The van der Waals surface area contributed by atoms with Crippen molar-refractivity contribution in [2.75, 3.05) is 27.2 Å². The first kappa shape index (κ1) is 35.4. The van der Waals surface area contributed by atoms with Gasteiger partial charge in [-0.2, -0.15) is 0 Å². The van der Waals surface area contributed by atoms with E-state index >= 15 is 0 Å². The average molecular weight is 667 g/mol. The van der Waals surface area contributed by atoms with E-state index in [4.69, 9.17) is 18.9 Å². The zero-order valence-electron chi connectivity index (χ0n) is 29.1. The van der Waals surface area contributed by atoms with Gasteiger partial charge in [0.2, 0.25) is 5.91 Å². The van der Waals surface area contributed by atoms with Crippen LogP contribution in [0.2, 0.25) is 0 Å². The molecule has 9 nitrogen and oxygen atoms in total. The van der Waals surface area contributed by atoms with Crippen LogP contribution < -0.4 is 24.6 Å². The third-order valence-corrected chi connectivity index (χ3v) is 8.16. The van der Waals surface area contributed by atoms with Crippen molar-refractivity contribution in [3.05, 3.63) is 125 Å². The van der Waals surface area contributed by atoms with E-state index in [1.54, 1.807) is 20.8 Å². The summed E-state index contributed by atoms with van der Waals surface area (Å²) in [6, 6.07) is 32.7. The highest BCUT2D eigenvalue weighted by Gasteiger charge is 2.37. The lowest BCUT2D eigenvalue weighted by Gasteiger charge is -2.40. The molecule has 2 atom stereocenters. The maximum atomic E-state index is 13.8. The van der Waals surface area contributed by atoms with Crippen LogP contribution in [0.3, 0.4) is 0 Å². The summed E-state index contributed by atoms with van der Waals surface area (Å²) in [5.74, 6) is 0.976. The number of carbonyl (C=O) groups is 2. The van der Waals surface area contributed by atoms with Crippen LogP contribution in [0.25, 0.3) is 0 Å². The minimum Gasteiger partial charge on any atom is -0.485 e. The number of nitrogens with one attached hydrogen (secondary N) is 2. The van der Waals surface area contributed by atoms with Crippen molar-refractivity contribution in [3.8, 4) is 11.5 Å². The number of carbonyl (C=O) groups excluding carboxylic acids is 2. The zero-order valence-corrected chi connectivity index (χ0v) is 29.1. The maximum Gasteiger partial charge on any atom is 0.408 e. The lowest BCUT2D eigenvalue weighted by molar-refractivity contribution is -0.125. The van der Waals surface area contributed by atoms with Gasteiger partial charge in [-0.1, -0.05) is 91.0 Å². The van der Waals surface area contributed by atoms with Gasteiger partial charge >= 0.3 is 6.09 Å². The van der Waals surface area contributed by atoms with Crippen molar-refractivity contribution in [2.24, 2.45) is 0 Å². The Morgan fingerprint density at radius 3 is 1.82 bits per heavy atom. The van der Waals surface area contributed by atoms with E-state index in [0.717, 1.165) is 27.9 Å². The molecule has 9 heteroatoms.